The van der Waals surface area contributed by atoms with Gasteiger partial charge in [0.15, 0.2) is 0 Å². The summed E-state index contributed by atoms with van der Waals surface area (Å²) in [6.07, 6.45) is 0. The molecule has 1 aromatic heterocycles. The van der Waals surface area contributed by atoms with Crippen LogP contribution in [0, 0.1) is 11.3 Å². The summed E-state index contributed by atoms with van der Waals surface area (Å²) in [5, 5.41) is 9.94. The van der Waals surface area contributed by atoms with E-state index in [9.17, 15) is 4.79 Å². The van der Waals surface area contributed by atoms with Crippen LogP contribution in [0.5, 0.6) is 0 Å². The second-order valence-electron chi connectivity index (χ2n) is 5.39. The lowest BCUT2D eigenvalue weighted by molar-refractivity contribution is 0.0780. The molecule has 0 fully saturated rings. The Morgan fingerprint density at radius 3 is 2.87 bits per heavy atom. The van der Waals surface area contributed by atoms with Crippen molar-refractivity contribution in [1.82, 2.24) is 9.88 Å². The van der Waals surface area contributed by atoms with E-state index < -0.39 is 0 Å². The van der Waals surface area contributed by atoms with Gasteiger partial charge in [0.25, 0.3) is 5.91 Å². The zero-order valence-corrected chi connectivity index (χ0v) is 14.1. The molecule has 0 radical (unpaired) electrons. The van der Waals surface area contributed by atoms with Crippen molar-refractivity contribution in [2.75, 3.05) is 7.05 Å². The number of aromatic amines is 1. The van der Waals surface area contributed by atoms with Crippen LogP contribution in [0.25, 0.3) is 10.9 Å². The Morgan fingerprint density at radius 2 is 2.09 bits per heavy atom. The Kier molecular flexibility index (Phi) is 4.18. The van der Waals surface area contributed by atoms with Gasteiger partial charge in [-0.25, -0.2) is 0 Å². The summed E-state index contributed by atoms with van der Waals surface area (Å²) < 4.78 is 0.965. The summed E-state index contributed by atoms with van der Waals surface area (Å²) in [7, 11) is 1.75. The van der Waals surface area contributed by atoms with Crippen LogP contribution in [0.4, 0.5) is 0 Å². The number of nitrogens with zero attached hydrogens (tertiary/aromatic N) is 2. The zero-order valence-electron chi connectivity index (χ0n) is 12.5. The Hall–Kier alpha value is -2.58. The molecule has 0 bridgehead atoms. The number of benzene rings is 2. The molecule has 1 amide bonds. The predicted octanol–water partition coefficient (Wildman–Crippen LogP) is 4.07. The number of nitrogens with one attached hydrogen (secondary N) is 1. The van der Waals surface area contributed by atoms with Gasteiger partial charge in [-0.15, -0.1) is 0 Å². The summed E-state index contributed by atoms with van der Waals surface area (Å²) in [6.45, 7) is 0.452. The molecule has 0 unspecified atom stereocenters. The highest BCUT2D eigenvalue weighted by atomic mass is 79.9. The van der Waals surface area contributed by atoms with E-state index in [1.54, 1.807) is 24.1 Å². The highest BCUT2D eigenvalue weighted by Crippen LogP contribution is 2.21. The van der Waals surface area contributed by atoms with Crippen LogP contribution < -0.4 is 0 Å². The largest absolute Gasteiger partial charge is 0.350 e. The maximum Gasteiger partial charge on any atom is 0.270 e. The van der Waals surface area contributed by atoms with Gasteiger partial charge in [0, 0.05) is 29.0 Å². The number of halogens is 1. The Labute approximate surface area is 142 Å². The van der Waals surface area contributed by atoms with Gasteiger partial charge in [0.1, 0.15) is 5.69 Å². The molecule has 2 aromatic carbocycles. The van der Waals surface area contributed by atoms with Crippen molar-refractivity contribution in [3.05, 3.63) is 69.8 Å². The van der Waals surface area contributed by atoms with E-state index in [1.165, 1.54) is 0 Å². The van der Waals surface area contributed by atoms with Gasteiger partial charge in [-0.3, -0.25) is 4.79 Å². The number of H-pyrrole nitrogens is 1. The fraction of sp³-hybridized carbons (Fsp3) is 0.111. The smallest absolute Gasteiger partial charge is 0.270 e. The quantitative estimate of drug-likeness (QED) is 0.758. The number of fused-ring (bicyclic) bond motifs is 1. The summed E-state index contributed by atoms with van der Waals surface area (Å²) in [6, 6.07) is 17.1. The van der Waals surface area contributed by atoms with Crippen molar-refractivity contribution >= 4 is 32.7 Å². The maximum absolute atomic E-state index is 12.6. The first-order valence-electron chi connectivity index (χ1n) is 7.09. The van der Waals surface area contributed by atoms with Gasteiger partial charge in [-0.2, -0.15) is 5.26 Å². The van der Waals surface area contributed by atoms with Crippen LogP contribution in [-0.4, -0.2) is 22.8 Å². The summed E-state index contributed by atoms with van der Waals surface area (Å²) >= 11 is 3.42. The molecule has 0 atom stereocenters. The third-order valence-electron chi connectivity index (χ3n) is 3.64. The molecule has 0 spiro atoms. The van der Waals surface area contributed by atoms with Gasteiger partial charge in [-0.1, -0.05) is 34.1 Å². The van der Waals surface area contributed by atoms with Crippen molar-refractivity contribution in [2.45, 2.75) is 6.54 Å². The number of rotatable bonds is 3. The zero-order chi connectivity index (χ0) is 16.4. The standard InChI is InChI=1S/C18H14BrN3O/c1-22(11-13-4-2-3-12(7-13)10-20)18(23)17-8-14-5-6-15(19)9-16(14)21-17/h2-9,21H,11H2,1H3. The van der Waals surface area contributed by atoms with Crippen molar-refractivity contribution < 1.29 is 4.79 Å². The number of amides is 1. The molecule has 4 nitrogen and oxygen atoms in total. The molecular weight excluding hydrogens is 354 g/mol. The number of carbonyl (C=O) groups is 1. The van der Waals surface area contributed by atoms with E-state index in [2.05, 4.69) is 27.0 Å². The van der Waals surface area contributed by atoms with Gasteiger partial charge >= 0.3 is 0 Å². The topological polar surface area (TPSA) is 59.9 Å². The minimum atomic E-state index is -0.0836. The second kappa shape index (κ2) is 6.27. The van der Waals surface area contributed by atoms with Crippen LogP contribution >= 0.6 is 15.9 Å². The first kappa shape index (κ1) is 15.3. The lowest BCUT2D eigenvalue weighted by atomic mass is 10.1. The monoisotopic (exact) mass is 367 g/mol. The molecule has 1 heterocycles. The van der Waals surface area contributed by atoms with E-state index in [1.807, 2.05) is 36.4 Å². The second-order valence-corrected chi connectivity index (χ2v) is 6.30. The highest BCUT2D eigenvalue weighted by Gasteiger charge is 2.15. The van der Waals surface area contributed by atoms with Crippen LogP contribution in [0.15, 0.2) is 53.0 Å². The fourth-order valence-corrected chi connectivity index (χ4v) is 2.87. The first-order valence-corrected chi connectivity index (χ1v) is 7.89. The van der Waals surface area contributed by atoms with E-state index >= 15 is 0 Å². The molecule has 0 aliphatic carbocycles. The fourth-order valence-electron chi connectivity index (χ4n) is 2.51. The van der Waals surface area contributed by atoms with Gasteiger partial charge < -0.3 is 9.88 Å². The summed E-state index contributed by atoms with van der Waals surface area (Å²) in [5.41, 5.74) is 3.00. The molecule has 0 aliphatic rings. The van der Waals surface area contributed by atoms with Gasteiger partial charge in [0.05, 0.1) is 11.6 Å². The van der Waals surface area contributed by atoms with Gasteiger partial charge in [0.2, 0.25) is 0 Å². The van der Waals surface area contributed by atoms with Gasteiger partial charge in [-0.05, 0) is 35.9 Å². The molecule has 1 N–H and O–H groups in total. The van der Waals surface area contributed by atoms with E-state index in [-0.39, 0.29) is 5.91 Å². The molecule has 3 aromatic rings. The van der Waals surface area contributed by atoms with Crippen LogP contribution in [0.3, 0.4) is 0 Å². The Bertz CT molecular complexity index is 923. The Morgan fingerprint density at radius 1 is 1.26 bits per heavy atom. The maximum atomic E-state index is 12.6. The van der Waals surface area contributed by atoms with Crippen molar-refractivity contribution in [3.8, 4) is 6.07 Å². The minimum absolute atomic E-state index is 0.0836. The number of hydrogen-bond acceptors (Lipinski definition) is 2. The molecule has 114 valence electrons. The van der Waals surface area contributed by atoms with Crippen LogP contribution in [0.1, 0.15) is 21.6 Å². The van der Waals surface area contributed by atoms with E-state index in [0.717, 1.165) is 20.9 Å². The molecule has 0 saturated carbocycles. The molecule has 23 heavy (non-hydrogen) atoms. The lowest BCUT2D eigenvalue weighted by Gasteiger charge is -2.16. The molecule has 0 aliphatic heterocycles. The average Bonchev–Trinajstić information content (AvgIpc) is 2.97. The molecular formula is C18H14BrN3O. The van der Waals surface area contributed by atoms with Crippen molar-refractivity contribution in [1.29, 1.82) is 5.26 Å². The average molecular weight is 368 g/mol. The lowest BCUT2D eigenvalue weighted by Crippen LogP contribution is -2.26. The molecule has 3 rings (SSSR count). The highest BCUT2D eigenvalue weighted by molar-refractivity contribution is 9.10. The number of carbonyl (C=O) groups excluding carboxylic acids is 1. The van der Waals surface area contributed by atoms with Crippen molar-refractivity contribution in [2.24, 2.45) is 0 Å². The first-order chi connectivity index (χ1) is 11.1. The minimum Gasteiger partial charge on any atom is -0.350 e. The molecule has 5 heteroatoms. The van der Waals surface area contributed by atoms with E-state index in [0.29, 0.717) is 17.8 Å². The number of nitriles is 1. The normalized spacial score (nSPS) is 10.5. The van der Waals surface area contributed by atoms with Crippen LogP contribution in [0.2, 0.25) is 0 Å². The SMILES string of the molecule is CN(Cc1cccc(C#N)c1)C(=O)c1cc2ccc(Br)cc2[nH]1. The number of aromatic nitrogens is 1. The Balaban J connectivity index is 1.81. The van der Waals surface area contributed by atoms with Crippen molar-refractivity contribution in [3.63, 3.8) is 0 Å². The summed E-state index contributed by atoms with van der Waals surface area (Å²) in [5.74, 6) is -0.0836. The molecule has 0 saturated heterocycles. The third kappa shape index (κ3) is 3.27. The van der Waals surface area contributed by atoms with Crippen LogP contribution in [-0.2, 0) is 6.54 Å². The predicted molar refractivity (Wildman–Crippen MR) is 93.0 cm³/mol. The number of hydrogen-bond donors (Lipinski definition) is 1. The van der Waals surface area contributed by atoms with E-state index in [4.69, 9.17) is 5.26 Å². The summed E-state index contributed by atoms with van der Waals surface area (Å²) in [4.78, 5) is 17.4. The third-order valence-corrected chi connectivity index (χ3v) is 4.13.